The summed E-state index contributed by atoms with van der Waals surface area (Å²) in [5, 5.41) is 0. The molecule has 2 rings (SSSR count). The third-order valence-corrected chi connectivity index (χ3v) is 4.40. The second kappa shape index (κ2) is 5.72. The predicted molar refractivity (Wildman–Crippen MR) is 70.0 cm³/mol. The smallest absolute Gasteiger partial charge is 0.219 e. The van der Waals surface area contributed by atoms with Gasteiger partial charge < -0.3 is 9.80 Å². The van der Waals surface area contributed by atoms with Gasteiger partial charge in [0.1, 0.15) is 0 Å². The Hall–Kier alpha value is -1.06. The molecule has 2 amide bonds. The van der Waals surface area contributed by atoms with E-state index in [4.69, 9.17) is 0 Å². The van der Waals surface area contributed by atoms with Gasteiger partial charge in [0.2, 0.25) is 11.8 Å². The van der Waals surface area contributed by atoms with E-state index in [0.717, 1.165) is 45.3 Å². The van der Waals surface area contributed by atoms with Gasteiger partial charge in [-0.1, -0.05) is 0 Å². The SMILES string of the molecule is CC(=O)N1CCCC(C2CCCCN2C(C)=O)C1. The van der Waals surface area contributed by atoms with Crippen LogP contribution in [0.15, 0.2) is 0 Å². The van der Waals surface area contributed by atoms with Crippen LogP contribution in [0.4, 0.5) is 0 Å². The molecule has 0 N–H and O–H groups in total. The lowest BCUT2D eigenvalue weighted by Crippen LogP contribution is -2.51. The van der Waals surface area contributed by atoms with Crippen molar-refractivity contribution in [1.29, 1.82) is 0 Å². The summed E-state index contributed by atoms with van der Waals surface area (Å²) in [6.45, 7) is 5.94. The van der Waals surface area contributed by atoms with Crippen LogP contribution in [0.5, 0.6) is 0 Å². The Labute approximate surface area is 109 Å². The number of likely N-dealkylation sites (tertiary alicyclic amines) is 2. The molecule has 2 fully saturated rings. The fraction of sp³-hybridized carbons (Fsp3) is 0.857. The lowest BCUT2D eigenvalue weighted by atomic mass is 9.84. The summed E-state index contributed by atoms with van der Waals surface area (Å²) in [6, 6.07) is 0.360. The van der Waals surface area contributed by atoms with Crippen LogP contribution >= 0.6 is 0 Å². The molecule has 0 radical (unpaired) electrons. The Bertz CT molecular complexity index is 330. The molecule has 2 aliphatic rings. The molecular weight excluding hydrogens is 228 g/mol. The first-order valence-electron chi connectivity index (χ1n) is 7.12. The Morgan fingerprint density at radius 3 is 2.39 bits per heavy atom. The molecule has 2 unspecified atom stereocenters. The summed E-state index contributed by atoms with van der Waals surface area (Å²) in [7, 11) is 0. The zero-order chi connectivity index (χ0) is 13.1. The molecule has 4 nitrogen and oxygen atoms in total. The van der Waals surface area contributed by atoms with Crippen molar-refractivity contribution in [2.45, 2.75) is 52.0 Å². The molecule has 0 saturated carbocycles. The number of amides is 2. The Morgan fingerprint density at radius 2 is 1.72 bits per heavy atom. The minimum absolute atomic E-state index is 0.171. The van der Waals surface area contributed by atoms with Gasteiger partial charge in [-0.25, -0.2) is 0 Å². The van der Waals surface area contributed by atoms with E-state index in [1.54, 1.807) is 13.8 Å². The van der Waals surface area contributed by atoms with Crippen molar-refractivity contribution in [3.8, 4) is 0 Å². The fourth-order valence-corrected chi connectivity index (χ4v) is 3.45. The fourth-order valence-electron chi connectivity index (χ4n) is 3.45. The number of carbonyl (C=O) groups is 2. The molecule has 2 atom stereocenters. The highest BCUT2D eigenvalue weighted by atomic mass is 16.2. The van der Waals surface area contributed by atoms with Crippen molar-refractivity contribution >= 4 is 11.8 Å². The van der Waals surface area contributed by atoms with Crippen LogP contribution in [0.25, 0.3) is 0 Å². The highest BCUT2D eigenvalue weighted by Gasteiger charge is 2.34. The zero-order valence-electron chi connectivity index (χ0n) is 11.5. The first-order chi connectivity index (χ1) is 8.59. The van der Waals surface area contributed by atoms with E-state index in [1.165, 1.54) is 6.42 Å². The van der Waals surface area contributed by atoms with Crippen LogP contribution in [0.3, 0.4) is 0 Å². The molecule has 0 aromatic rings. The topological polar surface area (TPSA) is 40.6 Å². The molecule has 2 saturated heterocycles. The van der Waals surface area contributed by atoms with Gasteiger partial charge in [0.15, 0.2) is 0 Å². The lowest BCUT2D eigenvalue weighted by Gasteiger charge is -2.43. The minimum Gasteiger partial charge on any atom is -0.343 e. The van der Waals surface area contributed by atoms with Crippen molar-refractivity contribution < 1.29 is 9.59 Å². The Balaban J connectivity index is 2.04. The maximum atomic E-state index is 11.7. The van der Waals surface area contributed by atoms with E-state index >= 15 is 0 Å². The number of piperidine rings is 2. The van der Waals surface area contributed by atoms with Crippen LogP contribution in [0.1, 0.15) is 46.0 Å². The summed E-state index contributed by atoms with van der Waals surface area (Å²) in [5.74, 6) is 0.844. The molecule has 4 heteroatoms. The van der Waals surface area contributed by atoms with Crippen molar-refractivity contribution in [3.05, 3.63) is 0 Å². The number of carbonyl (C=O) groups excluding carboxylic acids is 2. The minimum atomic E-state index is 0.171. The van der Waals surface area contributed by atoms with Gasteiger partial charge in [0.05, 0.1) is 0 Å². The van der Waals surface area contributed by atoms with Crippen molar-refractivity contribution in [2.75, 3.05) is 19.6 Å². The van der Waals surface area contributed by atoms with Gasteiger partial charge >= 0.3 is 0 Å². The highest BCUT2D eigenvalue weighted by molar-refractivity contribution is 5.74. The van der Waals surface area contributed by atoms with Crippen molar-refractivity contribution in [2.24, 2.45) is 5.92 Å². The first-order valence-corrected chi connectivity index (χ1v) is 7.12. The van der Waals surface area contributed by atoms with Crippen molar-refractivity contribution in [1.82, 2.24) is 9.80 Å². The number of hydrogen-bond acceptors (Lipinski definition) is 2. The van der Waals surface area contributed by atoms with Gasteiger partial charge in [-0.3, -0.25) is 9.59 Å². The average Bonchev–Trinajstić information content (AvgIpc) is 2.39. The summed E-state index contributed by atoms with van der Waals surface area (Å²) in [5.41, 5.74) is 0. The number of rotatable bonds is 1. The normalized spacial score (nSPS) is 29.2. The maximum Gasteiger partial charge on any atom is 0.219 e. The lowest BCUT2D eigenvalue weighted by molar-refractivity contribution is -0.136. The van der Waals surface area contributed by atoms with Gasteiger partial charge in [0, 0.05) is 39.5 Å². The molecule has 0 aromatic carbocycles. The van der Waals surface area contributed by atoms with E-state index in [2.05, 4.69) is 0 Å². The van der Waals surface area contributed by atoms with E-state index in [1.807, 2.05) is 9.80 Å². The van der Waals surface area contributed by atoms with Crippen LogP contribution in [0, 0.1) is 5.92 Å². The largest absolute Gasteiger partial charge is 0.343 e. The summed E-state index contributed by atoms with van der Waals surface area (Å²) in [6.07, 6.45) is 5.67. The maximum absolute atomic E-state index is 11.7. The zero-order valence-corrected chi connectivity index (χ0v) is 11.5. The van der Waals surface area contributed by atoms with Crippen LogP contribution in [-0.4, -0.2) is 47.3 Å². The second-order valence-electron chi connectivity index (χ2n) is 5.64. The Kier molecular flexibility index (Phi) is 4.25. The first kappa shape index (κ1) is 13.4. The van der Waals surface area contributed by atoms with Crippen LogP contribution < -0.4 is 0 Å². The summed E-state index contributed by atoms with van der Waals surface area (Å²) in [4.78, 5) is 27.2. The van der Waals surface area contributed by atoms with Gasteiger partial charge in [-0.15, -0.1) is 0 Å². The molecule has 0 spiro atoms. The molecule has 0 bridgehead atoms. The van der Waals surface area contributed by atoms with Gasteiger partial charge in [0.25, 0.3) is 0 Å². The molecule has 0 aromatic heterocycles. The molecule has 0 aliphatic carbocycles. The van der Waals surface area contributed by atoms with Gasteiger partial charge in [-0.05, 0) is 38.0 Å². The van der Waals surface area contributed by atoms with Crippen molar-refractivity contribution in [3.63, 3.8) is 0 Å². The number of nitrogens with zero attached hydrogens (tertiary/aromatic N) is 2. The summed E-state index contributed by atoms with van der Waals surface area (Å²) >= 11 is 0. The molecule has 102 valence electrons. The summed E-state index contributed by atoms with van der Waals surface area (Å²) < 4.78 is 0. The quantitative estimate of drug-likeness (QED) is 0.712. The molecular formula is C14H24N2O2. The second-order valence-corrected chi connectivity index (χ2v) is 5.64. The Morgan fingerprint density at radius 1 is 0.944 bits per heavy atom. The average molecular weight is 252 g/mol. The third kappa shape index (κ3) is 2.85. The van der Waals surface area contributed by atoms with E-state index in [9.17, 15) is 9.59 Å². The monoisotopic (exact) mass is 252 g/mol. The van der Waals surface area contributed by atoms with Crippen LogP contribution in [0.2, 0.25) is 0 Å². The van der Waals surface area contributed by atoms with Crippen LogP contribution in [-0.2, 0) is 9.59 Å². The van der Waals surface area contributed by atoms with E-state index in [-0.39, 0.29) is 11.8 Å². The number of hydrogen-bond donors (Lipinski definition) is 0. The van der Waals surface area contributed by atoms with E-state index < -0.39 is 0 Å². The molecule has 2 heterocycles. The molecule has 18 heavy (non-hydrogen) atoms. The van der Waals surface area contributed by atoms with Gasteiger partial charge in [-0.2, -0.15) is 0 Å². The highest BCUT2D eigenvalue weighted by Crippen LogP contribution is 2.29. The predicted octanol–water partition coefficient (Wildman–Crippen LogP) is 1.65. The molecule has 2 aliphatic heterocycles. The standard InChI is InChI=1S/C14H24N2O2/c1-11(17)15-8-5-6-13(10-15)14-7-3-4-9-16(14)12(2)18/h13-14H,3-10H2,1-2H3. The van der Waals surface area contributed by atoms with E-state index in [0.29, 0.717) is 12.0 Å². The third-order valence-electron chi connectivity index (χ3n) is 4.40.